The van der Waals surface area contributed by atoms with Gasteiger partial charge in [-0.1, -0.05) is 30.2 Å². The Morgan fingerprint density at radius 1 is 1.06 bits per heavy atom. The molecule has 1 saturated heterocycles. The van der Waals surface area contributed by atoms with E-state index in [-0.39, 0.29) is 16.2 Å². The Bertz CT molecular complexity index is 1330. The van der Waals surface area contributed by atoms with Crippen LogP contribution in [0, 0.1) is 0 Å². The van der Waals surface area contributed by atoms with Gasteiger partial charge in [0.2, 0.25) is 10.0 Å². The average molecular weight is 473 g/mol. The molecule has 1 fully saturated rings. The van der Waals surface area contributed by atoms with E-state index in [1.165, 1.54) is 29.6 Å². The van der Waals surface area contributed by atoms with Crippen LogP contribution < -0.4 is 10.3 Å². The molecule has 0 atom stereocenters. The highest BCUT2D eigenvalue weighted by molar-refractivity contribution is 7.89. The predicted octanol–water partition coefficient (Wildman–Crippen LogP) is 2.18. The van der Waals surface area contributed by atoms with E-state index in [1.54, 1.807) is 24.3 Å². The number of methoxy groups -OCH3 is 1. The third-order valence-corrected chi connectivity index (χ3v) is 7.44. The maximum Gasteiger partial charge on any atom is 0.343 e. The molecule has 3 aromatic rings. The van der Waals surface area contributed by atoms with Gasteiger partial charge >= 0.3 is 5.97 Å². The summed E-state index contributed by atoms with van der Waals surface area (Å²) in [4.78, 5) is 25.3. The lowest BCUT2D eigenvalue weighted by Gasteiger charge is -2.20. The Morgan fingerprint density at radius 3 is 2.52 bits per heavy atom. The zero-order chi connectivity index (χ0) is 23.4. The number of rotatable bonds is 6. The number of sulfonamides is 1. The molecular formula is C22H24N4O6S. The first-order valence-corrected chi connectivity index (χ1v) is 12.0. The van der Waals surface area contributed by atoms with Gasteiger partial charge in [-0.2, -0.15) is 8.99 Å². The minimum Gasteiger partial charge on any atom is -0.496 e. The summed E-state index contributed by atoms with van der Waals surface area (Å²) in [6.07, 6.45) is 3.57. The Kier molecular flexibility index (Phi) is 6.70. The van der Waals surface area contributed by atoms with Crippen molar-refractivity contribution in [1.82, 2.24) is 19.3 Å². The Labute approximate surface area is 190 Å². The number of hydrogen-bond acceptors (Lipinski definition) is 8. The number of carbonyl (C=O) groups excluding carboxylic acids is 1. The second-order valence-electron chi connectivity index (χ2n) is 7.65. The van der Waals surface area contributed by atoms with E-state index in [4.69, 9.17) is 9.47 Å². The van der Waals surface area contributed by atoms with Crippen molar-refractivity contribution in [2.24, 2.45) is 0 Å². The fourth-order valence-corrected chi connectivity index (χ4v) is 5.29. The summed E-state index contributed by atoms with van der Waals surface area (Å²) in [6, 6.07) is 10.8. The molecule has 2 aromatic carbocycles. The number of fused-ring (bicyclic) bond motifs is 1. The zero-order valence-electron chi connectivity index (χ0n) is 18.1. The van der Waals surface area contributed by atoms with Crippen molar-refractivity contribution in [1.29, 1.82) is 0 Å². The van der Waals surface area contributed by atoms with Crippen molar-refractivity contribution in [2.75, 3.05) is 20.2 Å². The summed E-state index contributed by atoms with van der Waals surface area (Å²) in [5.74, 6) is -0.687. The number of hydrogen-bond donors (Lipinski definition) is 0. The van der Waals surface area contributed by atoms with Gasteiger partial charge in [-0.3, -0.25) is 4.79 Å². The van der Waals surface area contributed by atoms with Crippen molar-refractivity contribution in [2.45, 2.75) is 37.3 Å². The zero-order valence-corrected chi connectivity index (χ0v) is 19.0. The predicted molar refractivity (Wildman–Crippen MR) is 119 cm³/mol. The van der Waals surface area contributed by atoms with Crippen LogP contribution in [0.3, 0.4) is 0 Å². The summed E-state index contributed by atoms with van der Waals surface area (Å²) < 4.78 is 39.1. The fraction of sp³-hybridized carbons (Fsp3) is 0.364. The lowest BCUT2D eigenvalue weighted by atomic mass is 10.2. The lowest BCUT2D eigenvalue weighted by Crippen LogP contribution is -2.32. The van der Waals surface area contributed by atoms with Crippen molar-refractivity contribution in [3.8, 4) is 5.75 Å². The quantitative estimate of drug-likeness (QED) is 0.501. The molecule has 174 valence electrons. The van der Waals surface area contributed by atoms with Gasteiger partial charge in [0.1, 0.15) is 16.8 Å². The first kappa shape index (κ1) is 22.9. The minimum atomic E-state index is -3.77. The van der Waals surface area contributed by atoms with Crippen LogP contribution in [0.2, 0.25) is 0 Å². The maximum atomic E-state index is 13.1. The molecule has 0 radical (unpaired) electrons. The topological polar surface area (TPSA) is 121 Å². The van der Waals surface area contributed by atoms with Crippen LogP contribution in [-0.4, -0.2) is 53.9 Å². The highest BCUT2D eigenvalue weighted by Gasteiger charge is 2.27. The summed E-state index contributed by atoms with van der Waals surface area (Å²) in [5, 5.41) is 8.07. The number of ether oxygens (including phenoxy) is 2. The van der Waals surface area contributed by atoms with Crippen molar-refractivity contribution >= 4 is 26.9 Å². The normalized spacial score (nSPS) is 15.2. The Morgan fingerprint density at radius 2 is 1.79 bits per heavy atom. The van der Waals surface area contributed by atoms with Crippen LogP contribution in [0.1, 0.15) is 36.0 Å². The molecule has 1 aliphatic heterocycles. The van der Waals surface area contributed by atoms with Gasteiger partial charge in [0, 0.05) is 13.1 Å². The molecular weight excluding hydrogens is 448 g/mol. The van der Waals surface area contributed by atoms with Crippen LogP contribution in [0.15, 0.2) is 52.2 Å². The van der Waals surface area contributed by atoms with Crippen LogP contribution in [0.25, 0.3) is 10.9 Å². The molecule has 4 rings (SSSR count). The number of esters is 1. The van der Waals surface area contributed by atoms with Gasteiger partial charge in [-0.15, -0.1) is 5.10 Å². The van der Waals surface area contributed by atoms with E-state index in [0.29, 0.717) is 24.0 Å². The SMILES string of the molecule is COc1ccc(S(=O)(=O)N2CCCCCC2)cc1C(=O)OCn1nnc2ccccc2c1=O. The lowest BCUT2D eigenvalue weighted by molar-refractivity contribution is 0.0332. The van der Waals surface area contributed by atoms with E-state index in [1.807, 2.05) is 0 Å². The number of benzene rings is 2. The summed E-state index contributed by atoms with van der Waals surface area (Å²) in [7, 11) is -2.40. The van der Waals surface area contributed by atoms with Gasteiger partial charge in [-0.25, -0.2) is 13.2 Å². The highest BCUT2D eigenvalue weighted by atomic mass is 32.2. The molecule has 0 N–H and O–H groups in total. The summed E-state index contributed by atoms with van der Waals surface area (Å²) in [5.41, 5.74) is -0.0915. The number of nitrogens with zero attached hydrogens (tertiary/aromatic N) is 4. The monoisotopic (exact) mass is 472 g/mol. The summed E-state index contributed by atoms with van der Waals surface area (Å²) >= 11 is 0. The molecule has 1 aromatic heterocycles. The molecule has 11 heteroatoms. The Hall–Kier alpha value is -3.31. The standard InChI is InChI=1S/C22H24N4O6S/c1-31-20-11-10-16(33(29,30)25-12-6-2-3-7-13-25)14-18(20)22(28)32-15-26-21(27)17-8-4-5-9-19(17)23-24-26/h4-5,8-11,14H,2-3,6-7,12-13,15H2,1H3. The second-order valence-corrected chi connectivity index (χ2v) is 9.59. The van der Waals surface area contributed by atoms with E-state index in [9.17, 15) is 18.0 Å². The molecule has 33 heavy (non-hydrogen) atoms. The number of aromatic nitrogens is 3. The first-order chi connectivity index (χ1) is 15.9. The Balaban J connectivity index is 1.58. The fourth-order valence-electron chi connectivity index (χ4n) is 3.74. The van der Waals surface area contributed by atoms with Gasteiger partial charge < -0.3 is 9.47 Å². The molecule has 10 nitrogen and oxygen atoms in total. The third-order valence-electron chi connectivity index (χ3n) is 5.54. The largest absolute Gasteiger partial charge is 0.496 e. The van der Waals surface area contributed by atoms with Gasteiger partial charge in [0.25, 0.3) is 5.56 Å². The molecule has 0 aliphatic carbocycles. The molecule has 0 bridgehead atoms. The number of carbonyl (C=O) groups is 1. The maximum absolute atomic E-state index is 13.1. The van der Waals surface area contributed by atoms with Crippen molar-refractivity contribution < 1.29 is 22.7 Å². The average Bonchev–Trinajstić information content (AvgIpc) is 3.13. The molecule has 0 spiro atoms. The van der Waals surface area contributed by atoms with Crippen LogP contribution in [-0.2, 0) is 21.5 Å². The van der Waals surface area contributed by atoms with Gasteiger partial charge in [0.05, 0.1) is 17.4 Å². The molecule has 0 amide bonds. The van der Waals surface area contributed by atoms with Gasteiger partial charge in [0.15, 0.2) is 6.73 Å². The van der Waals surface area contributed by atoms with E-state index in [2.05, 4.69) is 10.3 Å². The van der Waals surface area contributed by atoms with Crippen LogP contribution in [0.5, 0.6) is 5.75 Å². The van der Waals surface area contributed by atoms with E-state index < -0.39 is 28.3 Å². The molecule has 0 saturated carbocycles. The van der Waals surface area contributed by atoms with Crippen LogP contribution >= 0.6 is 0 Å². The minimum absolute atomic E-state index is 0.0141. The smallest absolute Gasteiger partial charge is 0.343 e. The van der Waals surface area contributed by atoms with E-state index in [0.717, 1.165) is 30.4 Å². The molecule has 1 aliphatic rings. The van der Waals surface area contributed by atoms with Crippen LogP contribution in [0.4, 0.5) is 0 Å². The van der Waals surface area contributed by atoms with Crippen molar-refractivity contribution in [3.05, 3.63) is 58.4 Å². The molecule has 2 heterocycles. The van der Waals surface area contributed by atoms with E-state index >= 15 is 0 Å². The van der Waals surface area contributed by atoms with Gasteiger partial charge in [-0.05, 0) is 43.2 Å². The first-order valence-electron chi connectivity index (χ1n) is 10.6. The van der Waals surface area contributed by atoms with Crippen molar-refractivity contribution in [3.63, 3.8) is 0 Å². The molecule has 0 unspecified atom stereocenters. The highest BCUT2D eigenvalue weighted by Crippen LogP contribution is 2.26. The second kappa shape index (κ2) is 9.67. The third kappa shape index (κ3) is 4.74. The summed E-state index contributed by atoms with van der Waals surface area (Å²) in [6.45, 7) is 0.400.